The first-order valence-electron chi connectivity index (χ1n) is 2.07. The van der Waals surface area contributed by atoms with E-state index in [2.05, 4.69) is 23.7 Å². The number of ether oxygens (including phenoxy) is 2. The molecule has 0 aliphatic rings. The third kappa shape index (κ3) is 199. The largest absolute Gasteiger partial charge is 0.602 e. The second-order valence-corrected chi connectivity index (χ2v) is 0.613. The molecule has 0 aromatic carbocycles. The minimum atomic E-state index is -0.750. The first kappa shape index (κ1) is 29.2. The van der Waals surface area contributed by atoms with E-state index in [-0.39, 0.29) is 65.4 Å². The van der Waals surface area contributed by atoms with E-state index in [1.807, 2.05) is 0 Å². The number of nitriles is 2. The molecule has 2 N–H and O–H groups in total. The van der Waals surface area contributed by atoms with Crippen LogP contribution >= 0.6 is 0 Å². The van der Waals surface area contributed by atoms with Gasteiger partial charge in [-0.1, -0.05) is 0 Å². The molecule has 0 aromatic rings. The average molecular weight is 338 g/mol. The molecule has 70 valence electrons. The molecule has 0 spiro atoms. The Hall–Kier alpha value is 0.708. The maximum absolute atomic E-state index is 7.34. The molecule has 6 nitrogen and oxygen atoms in total. The first-order chi connectivity index (χ1) is 5.24. The van der Waals surface area contributed by atoms with Gasteiger partial charge in [0.2, 0.25) is 0 Å². The Kier molecular flexibility index (Phi) is 120. The van der Waals surface area contributed by atoms with E-state index in [1.165, 1.54) is 12.5 Å². The molecule has 0 fully saturated rings. The number of hydrogen-bond donors (Lipinski definition) is 2. The van der Waals surface area contributed by atoms with Crippen molar-refractivity contribution in [3.05, 3.63) is 14.2 Å². The Morgan fingerprint density at radius 3 is 1.08 bits per heavy atom. The number of rotatable bonds is 0. The molecule has 0 amide bonds. The maximum Gasteiger partial charge on any atom is 0.251 e. The van der Waals surface area contributed by atoms with E-state index in [4.69, 9.17) is 20.7 Å². The van der Waals surface area contributed by atoms with Crippen LogP contribution in [0.25, 0.3) is 0 Å². The fraction of sp³-hybridized carbons (Fsp3) is 0.200. The number of nitrogens with zero attached hydrogens (tertiary/aromatic N) is 2. The summed E-state index contributed by atoms with van der Waals surface area (Å²) in [4.78, 5) is 0. The molecule has 0 aromatic heterocycles. The Labute approximate surface area is 128 Å². The van der Waals surface area contributed by atoms with Gasteiger partial charge in [-0.05, 0) is 0 Å². The van der Waals surface area contributed by atoms with Crippen LogP contribution in [0.15, 0.2) is 0 Å². The predicted molar refractivity (Wildman–Crippen MR) is 33.4 cm³/mol. The summed E-state index contributed by atoms with van der Waals surface area (Å²) in [5.74, 6) is 0. The Bertz CT molecular complexity index is 109. The van der Waals surface area contributed by atoms with E-state index >= 15 is 0 Å². The molecule has 8 heteroatoms. The van der Waals surface area contributed by atoms with Gasteiger partial charge in [-0.2, -0.15) is 24.7 Å². The van der Waals surface area contributed by atoms with Gasteiger partial charge in [0.1, 0.15) is 6.79 Å². The fourth-order valence-corrected chi connectivity index (χ4v) is 0. The molecule has 0 saturated carbocycles. The second-order valence-electron chi connectivity index (χ2n) is 0.613. The minimum absolute atomic E-state index is 0. The third-order valence-electron chi connectivity index (χ3n) is 0.129. The van der Waals surface area contributed by atoms with Crippen molar-refractivity contribution in [2.45, 2.75) is 0 Å². The topological polar surface area (TPSA) is 106 Å². The molecule has 0 bridgehead atoms. The normalized spacial score (nSPS) is 3.85. The summed E-state index contributed by atoms with van der Waals surface area (Å²) in [7, 11) is 5.49. The second kappa shape index (κ2) is 53.5. The molecule has 0 aliphatic carbocycles. The molecular formula is C5H8N2O4Y2-2. The number of aliphatic hydroxyl groups is 2. The molecule has 13 heavy (non-hydrogen) atoms. The van der Waals surface area contributed by atoms with Gasteiger partial charge in [-0.3, -0.25) is 0 Å². The molecule has 0 unspecified atom stereocenters. The van der Waals surface area contributed by atoms with Crippen molar-refractivity contribution < 1.29 is 85.1 Å². The van der Waals surface area contributed by atoms with Crippen LogP contribution in [0.2, 0.25) is 0 Å². The van der Waals surface area contributed by atoms with Crippen molar-refractivity contribution in [2.24, 2.45) is 0 Å². The summed E-state index contributed by atoms with van der Waals surface area (Å²) in [6, 6.07) is 0. The van der Waals surface area contributed by atoms with Crippen LogP contribution in [-0.2, 0) is 74.9 Å². The van der Waals surface area contributed by atoms with Gasteiger partial charge in [0.05, 0.1) is 0 Å². The third-order valence-corrected chi connectivity index (χ3v) is 0.129. The molecule has 0 saturated heterocycles. The molecule has 0 rings (SSSR count). The van der Waals surface area contributed by atoms with E-state index in [1.54, 1.807) is 0 Å². The van der Waals surface area contributed by atoms with Crippen LogP contribution in [0.1, 0.15) is 0 Å². The Balaban J connectivity index is -0.0000000231. The average Bonchev–Trinajstić information content (AvgIpc) is 2.06. The van der Waals surface area contributed by atoms with Crippen LogP contribution in [0.3, 0.4) is 0 Å². The Morgan fingerprint density at radius 1 is 1.00 bits per heavy atom. The van der Waals surface area contributed by atoms with Gasteiger partial charge in [-0.15, -0.1) is 0 Å². The first-order valence-corrected chi connectivity index (χ1v) is 2.07. The van der Waals surface area contributed by atoms with Gasteiger partial charge >= 0.3 is 0 Å². The van der Waals surface area contributed by atoms with Crippen molar-refractivity contribution >= 4 is 0 Å². The monoisotopic (exact) mass is 338 g/mol. The SMILES string of the molecule is OCO.[CH2-]OC#N.[CH2-]OC#N.[Y].[Y]. The fourth-order valence-electron chi connectivity index (χ4n) is 0. The van der Waals surface area contributed by atoms with Crippen molar-refractivity contribution in [1.82, 2.24) is 0 Å². The zero-order valence-corrected chi connectivity index (χ0v) is 12.6. The molecule has 0 aliphatic heterocycles. The van der Waals surface area contributed by atoms with Crippen molar-refractivity contribution in [1.29, 1.82) is 10.5 Å². The van der Waals surface area contributed by atoms with Crippen molar-refractivity contribution in [3.8, 4) is 12.5 Å². The van der Waals surface area contributed by atoms with Crippen LogP contribution in [0.4, 0.5) is 0 Å². The summed E-state index contributed by atoms with van der Waals surface area (Å²) in [6.45, 7) is -0.750. The van der Waals surface area contributed by atoms with Gasteiger partial charge < -0.3 is 19.7 Å². The van der Waals surface area contributed by atoms with E-state index in [0.29, 0.717) is 0 Å². The van der Waals surface area contributed by atoms with Gasteiger partial charge in [0.15, 0.2) is 0 Å². The molecular weight excluding hydrogens is 330 g/mol. The maximum atomic E-state index is 7.34. The summed E-state index contributed by atoms with van der Waals surface area (Å²) in [5.41, 5.74) is 0. The number of hydrogen-bond acceptors (Lipinski definition) is 6. The van der Waals surface area contributed by atoms with E-state index in [0.717, 1.165) is 0 Å². The zero-order valence-electron chi connectivity index (χ0n) is 6.88. The molecule has 0 atom stereocenters. The smallest absolute Gasteiger partial charge is 0.251 e. The van der Waals surface area contributed by atoms with Gasteiger partial charge in [0, 0.05) is 65.4 Å². The van der Waals surface area contributed by atoms with Crippen molar-refractivity contribution in [2.75, 3.05) is 6.79 Å². The molecule has 0 heterocycles. The summed E-state index contributed by atoms with van der Waals surface area (Å²) >= 11 is 0. The summed E-state index contributed by atoms with van der Waals surface area (Å²) in [5, 5.41) is 28.9. The summed E-state index contributed by atoms with van der Waals surface area (Å²) in [6.07, 6.45) is 2.64. The van der Waals surface area contributed by atoms with E-state index in [9.17, 15) is 0 Å². The standard InChI is InChI=1S/2C2H2NO.CH4O2.2Y/c2*1-4-2-3;2-1-3;;/h2*1H2;2-3H,1H2;;/q2*-1;;;. The van der Waals surface area contributed by atoms with Crippen molar-refractivity contribution in [3.63, 3.8) is 0 Å². The predicted octanol–water partition coefficient (Wildman–Crippen LogP) is -0.525. The quantitative estimate of drug-likeness (QED) is 0.350. The van der Waals surface area contributed by atoms with Crippen LogP contribution in [0, 0.1) is 37.3 Å². The minimum Gasteiger partial charge on any atom is -0.602 e. The summed E-state index contributed by atoms with van der Waals surface area (Å²) < 4.78 is 7.19. The number of aliphatic hydroxyl groups excluding tert-OH is 1. The van der Waals surface area contributed by atoms with Crippen LogP contribution in [0.5, 0.6) is 0 Å². The van der Waals surface area contributed by atoms with Crippen LogP contribution in [-0.4, -0.2) is 17.0 Å². The van der Waals surface area contributed by atoms with Gasteiger partial charge in [-0.25, -0.2) is 0 Å². The molecule has 2 radical (unpaired) electrons. The van der Waals surface area contributed by atoms with Crippen LogP contribution < -0.4 is 0 Å². The Morgan fingerprint density at radius 2 is 1.08 bits per heavy atom. The zero-order chi connectivity index (χ0) is 9.54. The van der Waals surface area contributed by atoms with E-state index < -0.39 is 6.79 Å². The van der Waals surface area contributed by atoms with Gasteiger partial charge in [0.25, 0.3) is 12.5 Å².